The number of nitrogens with zero attached hydrogens (tertiary/aromatic N) is 1. The molecule has 2 N–H and O–H groups in total. The fourth-order valence-corrected chi connectivity index (χ4v) is 5.59. The number of rotatable bonds is 11. The normalized spacial score (nSPS) is 28.7. The van der Waals surface area contributed by atoms with Crippen molar-refractivity contribution in [2.75, 3.05) is 19.6 Å². The maximum absolute atomic E-state index is 14.0. The number of hydrogen-bond donors (Lipinski definition) is 2. The van der Waals surface area contributed by atoms with Gasteiger partial charge in [0.1, 0.15) is 17.8 Å². The third kappa shape index (κ3) is 7.21. The van der Waals surface area contributed by atoms with E-state index in [1.807, 2.05) is 13.1 Å². The van der Waals surface area contributed by atoms with Crippen LogP contribution in [0.4, 0.5) is 13.2 Å². The number of allylic oxidation sites excluding steroid dienone is 7. The molecule has 1 saturated heterocycles. The smallest absolute Gasteiger partial charge is 0.132 e. The van der Waals surface area contributed by atoms with Gasteiger partial charge in [-0.3, -0.25) is 0 Å². The van der Waals surface area contributed by atoms with Crippen LogP contribution in [0.2, 0.25) is 0 Å². The Hall–Kier alpha value is -2.63. The van der Waals surface area contributed by atoms with E-state index in [-0.39, 0.29) is 6.54 Å². The van der Waals surface area contributed by atoms with Crippen LogP contribution in [-0.2, 0) is 0 Å². The third-order valence-corrected chi connectivity index (χ3v) is 7.78. The lowest BCUT2D eigenvalue weighted by molar-refractivity contribution is 0.231. The van der Waals surface area contributed by atoms with Crippen molar-refractivity contribution in [3.05, 3.63) is 83.9 Å². The van der Waals surface area contributed by atoms with E-state index in [0.717, 1.165) is 54.4 Å². The lowest BCUT2D eigenvalue weighted by Gasteiger charge is -2.34. The second-order valence-corrected chi connectivity index (χ2v) is 10.6. The van der Waals surface area contributed by atoms with Gasteiger partial charge in [0.15, 0.2) is 0 Å². The van der Waals surface area contributed by atoms with Crippen molar-refractivity contribution in [3.8, 4) is 0 Å². The SMILES string of the molecule is C=C(NCC1C(F)=CC(F)=CC1F)/C(C)=C/NCC1CC2CCC(C2)N(C(=C)/C=C(\CC)C(=C)C)C1. The number of fused-ring (bicyclic) bond motifs is 2. The molecule has 1 saturated carbocycles. The lowest BCUT2D eigenvalue weighted by atomic mass is 9.93. The molecule has 5 unspecified atom stereocenters. The highest BCUT2D eigenvalue weighted by Gasteiger charge is 2.36. The van der Waals surface area contributed by atoms with Crippen LogP contribution in [0.15, 0.2) is 83.9 Å². The van der Waals surface area contributed by atoms with Crippen molar-refractivity contribution in [1.82, 2.24) is 15.5 Å². The van der Waals surface area contributed by atoms with Crippen LogP contribution in [0.1, 0.15) is 52.9 Å². The first-order valence-electron chi connectivity index (χ1n) is 13.1. The summed E-state index contributed by atoms with van der Waals surface area (Å²) in [5, 5.41) is 6.44. The zero-order chi connectivity index (χ0) is 26.4. The second-order valence-electron chi connectivity index (χ2n) is 10.6. The molecule has 1 aliphatic heterocycles. The molecule has 6 heteroatoms. The van der Waals surface area contributed by atoms with E-state index in [1.165, 1.54) is 31.3 Å². The Morgan fingerprint density at radius 2 is 1.89 bits per heavy atom. The maximum atomic E-state index is 14.0. The number of likely N-dealkylation sites (tertiary alicyclic amines) is 1. The Morgan fingerprint density at radius 3 is 2.56 bits per heavy atom. The molecule has 0 radical (unpaired) electrons. The summed E-state index contributed by atoms with van der Waals surface area (Å²) in [6.45, 7) is 20.4. The molecule has 0 aromatic rings. The minimum absolute atomic E-state index is 0.0114. The molecule has 0 aromatic heterocycles. The summed E-state index contributed by atoms with van der Waals surface area (Å²) >= 11 is 0. The van der Waals surface area contributed by atoms with Crippen molar-refractivity contribution >= 4 is 0 Å². The first-order valence-corrected chi connectivity index (χ1v) is 13.1. The summed E-state index contributed by atoms with van der Waals surface area (Å²) in [6.07, 6.45) is 9.84. The maximum Gasteiger partial charge on any atom is 0.132 e. The zero-order valence-corrected chi connectivity index (χ0v) is 22.1. The molecular formula is C30H42F3N3. The highest BCUT2D eigenvalue weighted by molar-refractivity contribution is 5.33. The fraction of sp³-hybridized carbons (Fsp3) is 0.533. The Morgan fingerprint density at radius 1 is 1.14 bits per heavy atom. The van der Waals surface area contributed by atoms with E-state index in [9.17, 15) is 13.2 Å². The third-order valence-electron chi connectivity index (χ3n) is 7.78. The van der Waals surface area contributed by atoms with Gasteiger partial charge in [-0.1, -0.05) is 32.2 Å². The molecule has 2 bridgehead atoms. The standard InChI is InChI=1S/C30H42F3N3/c1-7-25(19(2)3)10-21(5)36-18-24(11-23-8-9-27(36)12-23)16-34-15-20(4)22(6)35-17-28-29(32)13-26(31)14-30(28)33/h10,13-15,23-24,27-29,34-35H,2,5-9,11-12,16-18H2,1,3-4H3/b20-15+,25-10+. The molecule has 0 spiro atoms. The molecule has 3 nitrogen and oxygen atoms in total. The van der Waals surface area contributed by atoms with Crippen LogP contribution >= 0.6 is 0 Å². The molecule has 198 valence electrons. The van der Waals surface area contributed by atoms with E-state index < -0.39 is 23.7 Å². The van der Waals surface area contributed by atoms with Crippen molar-refractivity contribution in [2.45, 2.75) is 65.1 Å². The van der Waals surface area contributed by atoms with E-state index >= 15 is 0 Å². The molecule has 3 aliphatic rings. The van der Waals surface area contributed by atoms with E-state index in [1.54, 1.807) is 0 Å². The molecular weight excluding hydrogens is 459 g/mol. The van der Waals surface area contributed by atoms with Gasteiger partial charge in [0, 0.05) is 49.3 Å². The summed E-state index contributed by atoms with van der Waals surface area (Å²) in [6, 6.07) is 0.560. The van der Waals surface area contributed by atoms with Gasteiger partial charge in [-0.2, -0.15) is 0 Å². The van der Waals surface area contributed by atoms with Gasteiger partial charge in [0.2, 0.25) is 0 Å². The minimum Gasteiger partial charge on any atom is -0.390 e. The minimum atomic E-state index is -1.69. The van der Waals surface area contributed by atoms with Crippen LogP contribution in [0.25, 0.3) is 0 Å². The largest absolute Gasteiger partial charge is 0.390 e. The Balaban J connectivity index is 1.54. The number of halogens is 3. The highest BCUT2D eigenvalue weighted by Crippen LogP contribution is 2.39. The molecule has 0 aromatic carbocycles. The van der Waals surface area contributed by atoms with Crippen LogP contribution in [0.5, 0.6) is 0 Å². The summed E-state index contributed by atoms with van der Waals surface area (Å²) < 4.78 is 41.1. The Labute approximate surface area is 215 Å². The second kappa shape index (κ2) is 12.6. The Kier molecular flexibility index (Phi) is 9.75. The van der Waals surface area contributed by atoms with Gasteiger partial charge in [-0.15, -0.1) is 0 Å². The predicted molar refractivity (Wildman–Crippen MR) is 144 cm³/mol. The van der Waals surface area contributed by atoms with Crippen LogP contribution in [-0.4, -0.2) is 36.7 Å². The topological polar surface area (TPSA) is 27.3 Å². The lowest BCUT2D eigenvalue weighted by Crippen LogP contribution is -2.37. The summed E-state index contributed by atoms with van der Waals surface area (Å²) in [4.78, 5) is 2.51. The highest BCUT2D eigenvalue weighted by atomic mass is 19.2. The summed E-state index contributed by atoms with van der Waals surface area (Å²) in [5.41, 5.74) is 4.88. The quantitative estimate of drug-likeness (QED) is 0.294. The number of hydrogen-bond acceptors (Lipinski definition) is 3. The molecule has 0 amide bonds. The van der Waals surface area contributed by atoms with Gasteiger partial charge < -0.3 is 15.5 Å². The van der Waals surface area contributed by atoms with Crippen molar-refractivity contribution in [3.63, 3.8) is 0 Å². The van der Waals surface area contributed by atoms with Crippen molar-refractivity contribution in [2.24, 2.45) is 17.8 Å². The molecule has 3 rings (SSSR count). The molecule has 36 heavy (non-hydrogen) atoms. The monoisotopic (exact) mass is 501 g/mol. The van der Waals surface area contributed by atoms with Gasteiger partial charge in [0.05, 0.1) is 5.92 Å². The first kappa shape index (κ1) is 27.9. The average molecular weight is 502 g/mol. The number of alkyl halides is 1. The predicted octanol–water partition coefficient (Wildman–Crippen LogP) is 7.17. The van der Waals surface area contributed by atoms with Gasteiger partial charge in [-0.05, 0) is 81.1 Å². The van der Waals surface area contributed by atoms with Crippen molar-refractivity contribution in [1.29, 1.82) is 0 Å². The molecule has 1 heterocycles. The fourth-order valence-electron chi connectivity index (χ4n) is 5.59. The first-order chi connectivity index (χ1) is 17.1. The summed E-state index contributed by atoms with van der Waals surface area (Å²) in [7, 11) is 0. The van der Waals surface area contributed by atoms with Crippen LogP contribution in [0.3, 0.4) is 0 Å². The van der Waals surface area contributed by atoms with E-state index in [0.29, 0.717) is 17.7 Å². The Bertz CT molecular complexity index is 974. The average Bonchev–Trinajstić information content (AvgIpc) is 3.18. The molecule has 2 fully saturated rings. The van der Waals surface area contributed by atoms with Crippen molar-refractivity contribution < 1.29 is 13.2 Å². The van der Waals surface area contributed by atoms with E-state index in [2.05, 4.69) is 55.2 Å². The zero-order valence-electron chi connectivity index (χ0n) is 22.1. The summed E-state index contributed by atoms with van der Waals surface area (Å²) in [5.74, 6) is -1.47. The van der Waals surface area contributed by atoms with Crippen LogP contribution in [0, 0.1) is 17.8 Å². The molecule has 5 atom stereocenters. The van der Waals surface area contributed by atoms with E-state index in [4.69, 9.17) is 0 Å². The van der Waals surface area contributed by atoms with Gasteiger partial charge in [-0.25, -0.2) is 13.2 Å². The van der Waals surface area contributed by atoms with Gasteiger partial charge in [0.25, 0.3) is 0 Å². The number of nitrogens with one attached hydrogen (secondary N) is 2. The van der Waals surface area contributed by atoms with Crippen LogP contribution < -0.4 is 10.6 Å². The van der Waals surface area contributed by atoms with Gasteiger partial charge >= 0.3 is 0 Å². The molecule has 2 aliphatic carbocycles.